The Morgan fingerprint density at radius 2 is 1.82 bits per heavy atom. The zero-order valence-electron chi connectivity index (χ0n) is 7.39. The van der Waals surface area contributed by atoms with Crippen LogP contribution >= 0.6 is 24.8 Å². The summed E-state index contributed by atoms with van der Waals surface area (Å²) in [6, 6.07) is 0. The molecule has 1 aliphatic rings. The Hall–Kier alpha value is 0.500. The van der Waals surface area contributed by atoms with Gasteiger partial charge in [0.25, 0.3) is 0 Å². The Kier molecular flexibility index (Phi) is 6.64. The molecule has 1 saturated heterocycles. The first kappa shape index (κ1) is 14.0. The number of rotatable bonds is 0. The molecule has 1 aliphatic heterocycles. The molecule has 0 unspecified atom stereocenters. The molecule has 11 heavy (non-hydrogen) atoms. The minimum Gasteiger partial charge on any atom is -0.314 e. The van der Waals surface area contributed by atoms with Crippen molar-refractivity contribution in [2.24, 2.45) is 0 Å². The molecule has 0 aliphatic carbocycles. The Balaban J connectivity index is 0. The molecular formula is C7H18Cl2N2. The highest BCUT2D eigenvalue weighted by Gasteiger charge is 2.25. The van der Waals surface area contributed by atoms with Crippen LogP contribution in [0.4, 0.5) is 0 Å². The highest BCUT2D eigenvalue weighted by Crippen LogP contribution is 2.12. The molecule has 0 spiro atoms. The largest absolute Gasteiger partial charge is 0.314 e. The summed E-state index contributed by atoms with van der Waals surface area (Å²) in [6.07, 6.45) is 0. The van der Waals surface area contributed by atoms with Crippen molar-refractivity contribution >= 4 is 24.8 Å². The third-order valence-electron chi connectivity index (χ3n) is 2.21. The van der Waals surface area contributed by atoms with Crippen molar-refractivity contribution in [2.75, 3.05) is 26.7 Å². The Morgan fingerprint density at radius 3 is 2.09 bits per heavy atom. The number of nitrogens with zero attached hydrogens (tertiary/aromatic N) is 1. The van der Waals surface area contributed by atoms with Gasteiger partial charge in [-0.2, -0.15) is 0 Å². The van der Waals surface area contributed by atoms with Crippen LogP contribution in [0.25, 0.3) is 0 Å². The molecule has 1 N–H and O–H groups in total. The smallest absolute Gasteiger partial charge is 0.0275 e. The molecule has 4 heteroatoms. The van der Waals surface area contributed by atoms with E-state index in [1.807, 2.05) is 0 Å². The summed E-state index contributed by atoms with van der Waals surface area (Å²) in [7, 11) is 2.18. The lowest BCUT2D eigenvalue weighted by molar-refractivity contribution is 0.123. The van der Waals surface area contributed by atoms with Crippen molar-refractivity contribution < 1.29 is 0 Å². The van der Waals surface area contributed by atoms with Crippen LogP contribution < -0.4 is 5.32 Å². The minimum atomic E-state index is 0. The van der Waals surface area contributed by atoms with Crippen LogP contribution in [-0.2, 0) is 0 Å². The third kappa shape index (κ3) is 3.61. The Morgan fingerprint density at radius 1 is 1.27 bits per heavy atom. The average molecular weight is 201 g/mol. The van der Waals surface area contributed by atoms with E-state index in [1.165, 1.54) is 6.54 Å². The van der Waals surface area contributed by atoms with Crippen molar-refractivity contribution in [3.05, 3.63) is 0 Å². The average Bonchev–Trinajstić information content (AvgIpc) is 1.77. The molecule has 1 rings (SSSR count). The first-order chi connectivity index (χ1) is 4.13. The van der Waals surface area contributed by atoms with E-state index in [2.05, 4.69) is 31.1 Å². The molecule has 1 fully saturated rings. The molecule has 0 bridgehead atoms. The summed E-state index contributed by atoms with van der Waals surface area (Å²) in [5.41, 5.74) is 0.359. The first-order valence-corrected chi connectivity index (χ1v) is 3.55. The van der Waals surface area contributed by atoms with E-state index in [0.29, 0.717) is 5.54 Å². The Bertz CT molecular complexity index is 107. The van der Waals surface area contributed by atoms with Crippen LogP contribution in [0.1, 0.15) is 13.8 Å². The van der Waals surface area contributed by atoms with Crippen LogP contribution in [-0.4, -0.2) is 37.1 Å². The number of hydrogen-bond donors (Lipinski definition) is 1. The van der Waals surface area contributed by atoms with Gasteiger partial charge in [0, 0.05) is 25.2 Å². The summed E-state index contributed by atoms with van der Waals surface area (Å²) in [5.74, 6) is 0. The van der Waals surface area contributed by atoms with Gasteiger partial charge >= 0.3 is 0 Å². The van der Waals surface area contributed by atoms with E-state index < -0.39 is 0 Å². The van der Waals surface area contributed by atoms with Gasteiger partial charge in [0.15, 0.2) is 0 Å². The van der Waals surface area contributed by atoms with Crippen molar-refractivity contribution in [2.45, 2.75) is 19.4 Å². The zero-order chi connectivity index (χ0) is 6.91. The van der Waals surface area contributed by atoms with Crippen LogP contribution in [0.2, 0.25) is 0 Å². The number of piperazine rings is 1. The van der Waals surface area contributed by atoms with Crippen molar-refractivity contribution in [1.29, 1.82) is 0 Å². The van der Waals surface area contributed by atoms with Gasteiger partial charge < -0.3 is 5.32 Å². The van der Waals surface area contributed by atoms with Gasteiger partial charge in [0.05, 0.1) is 0 Å². The van der Waals surface area contributed by atoms with Crippen LogP contribution in [0, 0.1) is 0 Å². The van der Waals surface area contributed by atoms with Crippen molar-refractivity contribution in [3.8, 4) is 0 Å². The summed E-state index contributed by atoms with van der Waals surface area (Å²) in [5, 5.41) is 3.36. The van der Waals surface area contributed by atoms with Gasteiger partial charge in [-0.25, -0.2) is 0 Å². The molecule has 70 valence electrons. The fraction of sp³-hybridized carbons (Fsp3) is 1.00. The number of hydrogen-bond acceptors (Lipinski definition) is 2. The number of likely N-dealkylation sites (N-methyl/N-ethyl adjacent to an activating group) is 1. The van der Waals surface area contributed by atoms with E-state index in [4.69, 9.17) is 0 Å². The molecule has 1 heterocycles. The molecule has 0 aromatic carbocycles. The standard InChI is InChI=1S/C7H16N2.2ClH/c1-7(2)6-8-4-5-9(7)3;;/h8H,4-6H2,1-3H3;2*1H. The molecule has 2 nitrogen and oxygen atoms in total. The van der Waals surface area contributed by atoms with Gasteiger partial charge in [0.1, 0.15) is 0 Å². The van der Waals surface area contributed by atoms with Crippen LogP contribution in [0.3, 0.4) is 0 Å². The van der Waals surface area contributed by atoms with E-state index >= 15 is 0 Å². The minimum absolute atomic E-state index is 0. The molecule has 0 saturated carbocycles. The SMILES string of the molecule is CN1CCNCC1(C)C.Cl.Cl. The predicted octanol–water partition coefficient (Wildman–Crippen LogP) is 1.14. The summed E-state index contributed by atoms with van der Waals surface area (Å²) >= 11 is 0. The maximum Gasteiger partial charge on any atom is 0.0275 e. The highest BCUT2D eigenvalue weighted by molar-refractivity contribution is 5.85. The second-order valence-electron chi connectivity index (χ2n) is 3.41. The third-order valence-corrected chi connectivity index (χ3v) is 2.21. The van der Waals surface area contributed by atoms with E-state index in [1.54, 1.807) is 0 Å². The summed E-state index contributed by atoms with van der Waals surface area (Å²) in [6.45, 7) is 7.95. The monoisotopic (exact) mass is 200 g/mol. The molecule has 0 amide bonds. The lowest BCUT2D eigenvalue weighted by Crippen LogP contribution is -2.55. The van der Waals surface area contributed by atoms with E-state index in [9.17, 15) is 0 Å². The van der Waals surface area contributed by atoms with Gasteiger partial charge in [-0.05, 0) is 20.9 Å². The maximum atomic E-state index is 3.36. The normalized spacial score (nSPS) is 23.2. The van der Waals surface area contributed by atoms with Gasteiger partial charge in [-0.1, -0.05) is 0 Å². The quantitative estimate of drug-likeness (QED) is 0.632. The van der Waals surface area contributed by atoms with Gasteiger partial charge in [-0.15, -0.1) is 24.8 Å². The second-order valence-corrected chi connectivity index (χ2v) is 3.41. The van der Waals surface area contributed by atoms with E-state index in [0.717, 1.165) is 13.1 Å². The van der Waals surface area contributed by atoms with Gasteiger partial charge in [-0.3, -0.25) is 4.90 Å². The molecule has 0 radical (unpaired) electrons. The maximum absolute atomic E-state index is 3.36. The molecule has 0 aromatic heterocycles. The summed E-state index contributed by atoms with van der Waals surface area (Å²) < 4.78 is 0. The Labute approximate surface area is 81.5 Å². The summed E-state index contributed by atoms with van der Waals surface area (Å²) in [4.78, 5) is 2.39. The van der Waals surface area contributed by atoms with E-state index in [-0.39, 0.29) is 24.8 Å². The second kappa shape index (κ2) is 5.20. The van der Waals surface area contributed by atoms with Crippen LogP contribution in [0.5, 0.6) is 0 Å². The molecular weight excluding hydrogens is 183 g/mol. The molecule has 0 aromatic rings. The first-order valence-electron chi connectivity index (χ1n) is 3.55. The zero-order valence-corrected chi connectivity index (χ0v) is 9.02. The van der Waals surface area contributed by atoms with Crippen molar-refractivity contribution in [1.82, 2.24) is 10.2 Å². The van der Waals surface area contributed by atoms with Gasteiger partial charge in [0.2, 0.25) is 0 Å². The fourth-order valence-electron chi connectivity index (χ4n) is 1.08. The van der Waals surface area contributed by atoms with Crippen LogP contribution in [0.15, 0.2) is 0 Å². The lowest BCUT2D eigenvalue weighted by Gasteiger charge is -2.40. The molecule has 0 atom stereocenters. The highest BCUT2D eigenvalue weighted by atomic mass is 35.5. The van der Waals surface area contributed by atoms with Crippen molar-refractivity contribution in [3.63, 3.8) is 0 Å². The lowest BCUT2D eigenvalue weighted by atomic mass is 10.0. The number of nitrogens with one attached hydrogen (secondary N) is 1. The number of halogens is 2. The fourth-order valence-corrected chi connectivity index (χ4v) is 1.08. The predicted molar refractivity (Wildman–Crippen MR) is 54.1 cm³/mol. The topological polar surface area (TPSA) is 15.3 Å².